The van der Waals surface area contributed by atoms with E-state index < -0.39 is 6.10 Å². The fourth-order valence-electron chi connectivity index (χ4n) is 2.15. The zero-order chi connectivity index (χ0) is 12.4. The Balaban J connectivity index is 1.90. The van der Waals surface area contributed by atoms with Crippen molar-refractivity contribution in [3.8, 4) is 5.75 Å². The van der Waals surface area contributed by atoms with Crippen LogP contribution in [0.2, 0.25) is 0 Å². The lowest BCUT2D eigenvalue weighted by Crippen LogP contribution is -2.40. The summed E-state index contributed by atoms with van der Waals surface area (Å²) in [4.78, 5) is 4.28. The molecule has 0 spiro atoms. The van der Waals surface area contributed by atoms with Gasteiger partial charge in [-0.1, -0.05) is 6.07 Å². The Morgan fingerprint density at radius 1 is 1.28 bits per heavy atom. The summed E-state index contributed by atoms with van der Waals surface area (Å²) in [6.07, 6.45) is 1.61. The number of aliphatic hydroxyl groups is 1. The first-order chi connectivity index (χ1) is 8.84. The molecule has 1 N–H and O–H groups in total. The number of aromatic nitrogens is 1. The number of nitrogens with zero attached hydrogens (tertiary/aromatic N) is 1. The lowest BCUT2D eigenvalue weighted by molar-refractivity contribution is -0.0730. The smallest absolute Gasteiger partial charge is 0.148 e. The third-order valence-corrected chi connectivity index (χ3v) is 3.15. The maximum Gasteiger partial charge on any atom is 0.148 e. The van der Waals surface area contributed by atoms with Crippen molar-refractivity contribution in [3.05, 3.63) is 36.5 Å². The van der Waals surface area contributed by atoms with Crippen molar-refractivity contribution in [2.24, 2.45) is 0 Å². The van der Waals surface area contributed by atoms with Crippen LogP contribution in [0, 0.1) is 0 Å². The van der Waals surface area contributed by atoms with Crippen molar-refractivity contribution in [1.29, 1.82) is 0 Å². The Labute approximate surface area is 105 Å². The van der Waals surface area contributed by atoms with Gasteiger partial charge in [-0.3, -0.25) is 4.98 Å². The van der Waals surface area contributed by atoms with Crippen molar-refractivity contribution < 1.29 is 14.6 Å². The number of fused-ring (bicyclic) bond motifs is 1. The molecule has 2 aromatic rings. The van der Waals surface area contributed by atoms with Crippen LogP contribution in [0.25, 0.3) is 10.9 Å². The molecule has 2 atom stereocenters. The number of rotatable bonds is 2. The molecular formula is C14H15NO3. The van der Waals surface area contributed by atoms with Crippen LogP contribution in [0.4, 0.5) is 0 Å². The number of benzene rings is 1. The molecule has 4 heteroatoms. The van der Waals surface area contributed by atoms with Crippen LogP contribution in [0.15, 0.2) is 36.5 Å². The molecule has 1 aliphatic rings. The van der Waals surface area contributed by atoms with Gasteiger partial charge in [-0.15, -0.1) is 0 Å². The van der Waals surface area contributed by atoms with E-state index in [0.717, 1.165) is 16.7 Å². The van der Waals surface area contributed by atoms with Gasteiger partial charge in [0.15, 0.2) is 0 Å². The molecule has 1 saturated heterocycles. The summed E-state index contributed by atoms with van der Waals surface area (Å²) in [7, 11) is 0. The highest BCUT2D eigenvalue weighted by Gasteiger charge is 2.25. The van der Waals surface area contributed by atoms with Crippen LogP contribution in [0.5, 0.6) is 5.75 Å². The lowest BCUT2D eigenvalue weighted by atomic mass is 10.1. The Morgan fingerprint density at radius 3 is 3.11 bits per heavy atom. The standard InChI is InChI=1S/C14H15NO3/c16-12-6-8-17-9-14(12)18-13-5-1-4-11-10(13)3-2-7-15-11/h1-5,7,12,14,16H,6,8-9H2. The third kappa shape index (κ3) is 2.17. The summed E-state index contributed by atoms with van der Waals surface area (Å²) in [5.41, 5.74) is 0.890. The van der Waals surface area contributed by atoms with Crippen LogP contribution in [0.3, 0.4) is 0 Å². The van der Waals surface area contributed by atoms with Crippen molar-refractivity contribution in [2.45, 2.75) is 18.6 Å². The summed E-state index contributed by atoms with van der Waals surface area (Å²) < 4.78 is 11.2. The molecular weight excluding hydrogens is 230 g/mol. The van der Waals surface area contributed by atoms with Gasteiger partial charge < -0.3 is 14.6 Å². The quantitative estimate of drug-likeness (QED) is 0.876. The normalized spacial score (nSPS) is 24.1. The molecule has 2 unspecified atom stereocenters. The lowest BCUT2D eigenvalue weighted by Gasteiger charge is -2.28. The van der Waals surface area contributed by atoms with Crippen molar-refractivity contribution in [3.63, 3.8) is 0 Å². The zero-order valence-corrected chi connectivity index (χ0v) is 9.95. The fourth-order valence-corrected chi connectivity index (χ4v) is 2.15. The third-order valence-electron chi connectivity index (χ3n) is 3.15. The summed E-state index contributed by atoms with van der Waals surface area (Å²) >= 11 is 0. The maximum atomic E-state index is 9.88. The molecule has 1 aromatic heterocycles. The zero-order valence-electron chi connectivity index (χ0n) is 9.95. The molecule has 1 aromatic carbocycles. The summed E-state index contributed by atoms with van der Waals surface area (Å²) in [5.74, 6) is 0.746. The average Bonchev–Trinajstić information content (AvgIpc) is 2.42. The minimum Gasteiger partial charge on any atom is -0.485 e. The first-order valence-corrected chi connectivity index (χ1v) is 6.11. The van der Waals surface area contributed by atoms with Gasteiger partial charge in [-0.25, -0.2) is 0 Å². The van der Waals surface area contributed by atoms with Gasteiger partial charge in [0.2, 0.25) is 0 Å². The van der Waals surface area contributed by atoms with Crippen molar-refractivity contribution in [2.75, 3.05) is 13.2 Å². The van der Waals surface area contributed by atoms with E-state index in [2.05, 4.69) is 4.98 Å². The van der Waals surface area contributed by atoms with Crippen LogP contribution < -0.4 is 4.74 Å². The van der Waals surface area contributed by atoms with E-state index in [9.17, 15) is 5.11 Å². The van der Waals surface area contributed by atoms with E-state index >= 15 is 0 Å². The molecule has 0 radical (unpaired) electrons. The predicted molar refractivity (Wildman–Crippen MR) is 67.6 cm³/mol. The van der Waals surface area contributed by atoms with Gasteiger partial charge in [0, 0.05) is 24.6 Å². The molecule has 0 bridgehead atoms. The minimum absolute atomic E-state index is 0.301. The van der Waals surface area contributed by atoms with Crippen LogP contribution in [-0.2, 0) is 4.74 Å². The monoisotopic (exact) mass is 245 g/mol. The average molecular weight is 245 g/mol. The Morgan fingerprint density at radius 2 is 2.22 bits per heavy atom. The molecule has 18 heavy (non-hydrogen) atoms. The van der Waals surface area contributed by atoms with Crippen LogP contribution in [-0.4, -0.2) is 35.5 Å². The fraction of sp³-hybridized carbons (Fsp3) is 0.357. The van der Waals surface area contributed by atoms with Gasteiger partial charge >= 0.3 is 0 Å². The van der Waals surface area contributed by atoms with Gasteiger partial charge in [0.1, 0.15) is 11.9 Å². The van der Waals surface area contributed by atoms with E-state index in [1.807, 2.05) is 30.3 Å². The first-order valence-electron chi connectivity index (χ1n) is 6.11. The van der Waals surface area contributed by atoms with Crippen molar-refractivity contribution >= 4 is 10.9 Å². The molecule has 0 aliphatic carbocycles. The van der Waals surface area contributed by atoms with Crippen LogP contribution >= 0.6 is 0 Å². The highest BCUT2D eigenvalue weighted by molar-refractivity contribution is 5.84. The summed E-state index contributed by atoms with van der Waals surface area (Å²) in [5, 5.41) is 10.8. The van der Waals surface area contributed by atoms with Gasteiger partial charge in [-0.2, -0.15) is 0 Å². The van der Waals surface area contributed by atoms with E-state index in [4.69, 9.17) is 9.47 Å². The van der Waals surface area contributed by atoms with E-state index in [1.54, 1.807) is 6.20 Å². The number of pyridine rings is 1. The molecule has 4 nitrogen and oxygen atoms in total. The molecule has 94 valence electrons. The highest BCUT2D eigenvalue weighted by Crippen LogP contribution is 2.26. The van der Waals surface area contributed by atoms with E-state index in [1.165, 1.54) is 0 Å². The summed E-state index contributed by atoms with van der Waals surface area (Å²) in [6, 6.07) is 9.58. The second-order valence-electron chi connectivity index (χ2n) is 4.41. The number of ether oxygens (including phenoxy) is 2. The van der Waals surface area contributed by atoms with Gasteiger partial charge in [0.05, 0.1) is 18.2 Å². The molecule has 1 aliphatic heterocycles. The molecule has 0 amide bonds. The number of hydrogen-bond donors (Lipinski definition) is 1. The van der Waals surface area contributed by atoms with Gasteiger partial charge in [0.25, 0.3) is 0 Å². The summed E-state index contributed by atoms with van der Waals surface area (Å²) in [6.45, 7) is 1.02. The Hall–Kier alpha value is -1.65. The number of hydrogen-bond acceptors (Lipinski definition) is 4. The van der Waals surface area contributed by atoms with Crippen LogP contribution in [0.1, 0.15) is 6.42 Å². The first kappa shape index (κ1) is 11.4. The molecule has 1 fully saturated rings. The molecule has 0 saturated carbocycles. The van der Waals surface area contributed by atoms with E-state index in [0.29, 0.717) is 19.6 Å². The SMILES string of the molecule is OC1CCOCC1Oc1cccc2ncccc12. The van der Waals surface area contributed by atoms with Gasteiger partial charge in [-0.05, 0) is 24.3 Å². The topological polar surface area (TPSA) is 51.6 Å². The molecule has 2 heterocycles. The highest BCUT2D eigenvalue weighted by atomic mass is 16.5. The number of aliphatic hydroxyl groups excluding tert-OH is 1. The second kappa shape index (κ2) is 4.92. The van der Waals surface area contributed by atoms with E-state index in [-0.39, 0.29) is 6.10 Å². The van der Waals surface area contributed by atoms with Crippen molar-refractivity contribution in [1.82, 2.24) is 4.98 Å². The Kier molecular flexibility index (Phi) is 3.13. The second-order valence-corrected chi connectivity index (χ2v) is 4.41. The minimum atomic E-state index is -0.467. The Bertz CT molecular complexity index is 538. The maximum absolute atomic E-state index is 9.88. The largest absolute Gasteiger partial charge is 0.485 e. The predicted octanol–water partition coefficient (Wildman–Crippen LogP) is 1.76. The molecule has 3 rings (SSSR count).